The molecule has 0 aromatic rings. The predicted molar refractivity (Wildman–Crippen MR) is 92.5 cm³/mol. The molecule has 0 amide bonds. The molecule has 2 rings (SSSR count). The zero-order valence-electron chi connectivity index (χ0n) is 14.5. The van der Waals surface area contributed by atoms with Crippen molar-refractivity contribution in [1.29, 1.82) is 0 Å². The van der Waals surface area contributed by atoms with E-state index >= 15 is 0 Å². The van der Waals surface area contributed by atoms with E-state index in [2.05, 4.69) is 27.0 Å². The van der Waals surface area contributed by atoms with Gasteiger partial charge in [-0.05, 0) is 65.1 Å². The second kappa shape index (κ2) is 10.1. The summed E-state index contributed by atoms with van der Waals surface area (Å²) in [6.07, 6.45) is 7.97. The maximum Gasteiger partial charge on any atom is 0.193 e. The summed E-state index contributed by atoms with van der Waals surface area (Å²) in [4.78, 5) is 9.40. The van der Waals surface area contributed by atoms with Gasteiger partial charge in [0.1, 0.15) is 0 Å². The van der Waals surface area contributed by atoms with Gasteiger partial charge in [-0.1, -0.05) is 0 Å². The minimum atomic E-state index is 0.444. The number of likely N-dealkylation sites (tertiary alicyclic amines) is 2. The van der Waals surface area contributed by atoms with Crippen LogP contribution in [0, 0.1) is 0 Å². The highest BCUT2D eigenvalue weighted by molar-refractivity contribution is 5.79. The molecule has 0 radical (unpaired) electrons. The first-order chi connectivity index (χ1) is 10.8. The van der Waals surface area contributed by atoms with Gasteiger partial charge in [-0.3, -0.25) is 4.99 Å². The minimum Gasteiger partial charge on any atom is -0.378 e. The van der Waals surface area contributed by atoms with E-state index in [1.165, 1.54) is 45.3 Å². The quantitative estimate of drug-likeness (QED) is 0.443. The molecule has 0 aromatic carbocycles. The van der Waals surface area contributed by atoms with E-state index in [1.54, 1.807) is 0 Å². The maximum absolute atomic E-state index is 5.71. The first-order valence-corrected chi connectivity index (χ1v) is 9.13. The lowest BCUT2D eigenvalue weighted by Gasteiger charge is -2.34. The van der Waals surface area contributed by atoms with Crippen molar-refractivity contribution in [2.45, 2.75) is 51.6 Å². The fourth-order valence-electron chi connectivity index (χ4n) is 3.47. The highest BCUT2D eigenvalue weighted by atomic mass is 16.5. The summed E-state index contributed by atoms with van der Waals surface area (Å²) in [5, 5.41) is 3.53. The van der Waals surface area contributed by atoms with Crippen LogP contribution in [0.25, 0.3) is 0 Å². The Morgan fingerprint density at radius 1 is 1.14 bits per heavy atom. The van der Waals surface area contributed by atoms with Crippen LogP contribution in [0.1, 0.15) is 45.4 Å². The van der Waals surface area contributed by atoms with E-state index in [0.717, 1.165) is 45.0 Å². The topological polar surface area (TPSA) is 40.1 Å². The summed E-state index contributed by atoms with van der Waals surface area (Å²) in [5.41, 5.74) is 0. The summed E-state index contributed by atoms with van der Waals surface area (Å²) < 4.78 is 5.71. The van der Waals surface area contributed by atoms with Crippen LogP contribution in [0.2, 0.25) is 0 Å². The van der Waals surface area contributed by atoms with Crippen LogP contribution in [-0.2, 0) is 4.74 Å². The molecule has 0 atom stereocenters. The lowest BCUT2D eigenvalue weighted by molar-refractivity contribution is 0.0264. The zero-order chi connectivity index (χ0) is 15.6. The predicted octanol–water partition coefficient (Wildman–Crippen LogP) is 1.94. The fourth-order valence-corrected chi connectivity index (χ4v) is 3.47. The number of nitrogens with one attached hydrogen (secondary N) is 1. The molecule has 0 aromatic heterocycles. The third kappa shape index (κ3) is 5.76. The highest BCUT2D eigenvalue weighted by Crippen LogP contribution is 2.13. The molecule has 0 aliphatic carbocycles. The summed E-state index contributed by atoms with van der Waals surface area (Å²) in [6.45, 7) is 9.93. The molecular formula is C17H34N4O. The molecule has 2 fully saturated rings. The van der Waals surface area contributed by atoms with Gasteiger partial charge in [0.15, 0.2) is 5.96 Å². The lowest BCUT2D eigenvalue weighted by atomic mass is 10.1. The van der Waals surface area contributed by atoms with Gasteiger partial charge in [-0.25, -0.2) is 0 Å². The van der Waals surface area contributed by atoms with Crippen LogP contribution in [0.4, 0.5) is 0 Å². The van der Waals surface area contributed by atoms with Gasteiger partial charge in [0, 0.05) is 33.3 Å². The summed E-state index contributed by atoms with van der Waals surface area (Å²) >= 11 is 0. The molecule has 5 heteroatoms. The Balaban J connectivity index is 1.57. The fraction of sp³-hybridized carbons (Fsp3) is 0.941. The second-order valence-electron chi connectivity index (χ2n) is 6.37. The Hall–Kier alpha value is -0.810. The molecule has 2 saturated heterocycles. The van der Waals surface area contributed by atoms with E-state index in [4.69, 9.17) is 4.74 Å². The number of nitrogens with zero attached hydrogens (tertiary/aromatic N) is 3. The van der Waals surface area contributed by atoms with Crippen molar-refractivity contribution >= 4 is 5.96 Å². The molecule has 0 spiro atoms. The van der Waals surface area contributed by atoms with Crippen molar-refractivity contribution in [3.05, 3.63) is 0 Å². The Labute approximate surface area is 136 Å². The van der Waals surface area contributed by atoms with Crippen molar-refractivity contribution in [1.82, 2.24) is 15.1 Å². The number of unbranched alkanes of at least 4 members (excludes halogenated alkanes) is 1. The van der Waals surface area contributed by atoms with E-state index in [1.807, 2.05) is 7.05 Å². The Kier molecular flexibility index (Phi) is 8.02. The van der Waals surface area contributed by atoms with Gasteiger partial charge >= 0.3 is 0 Å². The minimum absolute atomic E-state index is 0.444. The van der Waals surface area contributed by atoms with Gasteiger partial charge in [0.05, 0.1) is 6.10 Å². The van der Waals surface area contributed by atoms with Crippen molar-refractivity contribution in [3.63, 3.8) is 0 Å². The van der Waals surface area contributed by atoms with Gasteiger partial charge in [0.25, 0.3) is 0 Å². The number of ether oxygens (including phenoxy) is 1. The standard InChI is InChI=1S/C17H34N4O/c1-3-22-16-8-14-21(15-9-16)17(18-2)19-10-4-5-11-20-12-6-7-13-20/h16H,3-15H2,1-2H3,(H,18,19). The van der Waals surface area contributed by atoms with Gasteiger partial charge in [0.2, 0.25) is 0 Å². The first kappa shape index (κ1) is 17.5. The molecule has 0 saturated carbocycles. The Morgan fingerprint density at radius 3 is 2.50 bits per heavy atom. The Morgan fingerprint density at radius 2 is 1.86 bits per heavy atom. The number of piperidine rings is 1. The van der Waals surface area contributed by atoms with Crippen molar-refractivity contribution in [3.8, 4) is 0 Å². The third-order valence-corrected chi connectivity index (χ3v) is 4.74. The van der Waals surface area contributed by atoms with E-state index in [9.17, 15) is 0 Å². The maximum atomic E-state index is 5.71. The number of hydrogen-bond acceptors (Lipinski definition) is 3. The summed E-state index contributed by atoms with van der Waals surface area (Å²) in [7, 11) is 1.89. The van der Waals surface area contributed by atoms with Gasteiger partial charge in [-0.2, -0.15) is 0 Å². The number of rotatable bonds is 7. The molecule has 22 heavy (non-hydrogen) atoms. The molecule has 2 aliphatic heterocycles. The van der Waals surface area contributed by atoms with Crippen molar-refractivity contribution in [2.24, 2.45) is 4.99 Å². The van der Waals surface area contributed by atoms with Crippen LogP contribution >= 0.6 is 0 Å². The molecule has 2 aliphatic rings. The molecule has 1 N–H and O–H groups in total. The number of aliphatic imine (C=N–C) groups is 1. The molecule has 128 valence electrons. The monoisotopic (exact) mass is 310 g/mol. The average molecular weight is 310 g/mol. The van der Waals surface area contributed by atoms with E-state index < -0.39 is 0 Å². The average Bonchev–Trinajstić information content (AvgIpc) is 3.06. The lowest BCUT2D eigenvalue weighted by Crippen LogP contribution is -2.47. The molecule has 0 unspecified atom stereocenters. The highest BCUT2D eigenvalue weighted by Gasteiger charge is 2.21. The van der Waals surface area contributed by atoms with Crippen LogP contribution in [0.15, 0.2) is 4.99 Å². The summed E-state index contributed by atoms with van der Waals surface area (Å²) in [6, 6.07) is 0. The molecule has 2 heterocycles. The van der Waals surface area contributed by atoms with Gasteiger partial charge < -0.3 is 19.9 Å². The number of hydrogen-bond donors (Lipinski definition) is 1. The third-order valence-electron chi connectivity index (χ3n) is 4.74. The van der Waals surface area contributed by atoms with Crippen LogP contribution in [-0.4, -0.2) is 74.8 Å². The number of guanidine groups is 1. The molecule has 0 bridgehead atoms. The SMILES string of the molecule is CCOC1CCN(C(=NC)NCCCCN2CCCC2)CC1. The normalized spacial score (nSPS) is 21.5. The zero-order valence-corrected chi connectivity index (χ0v) is 14.5. The van der Waals surface area contributed by atoms with Gasteiger partial charge in [-0.15, -0.1) is 0 Å². The van der Waals surface area contributed by atoms with E-state index in [-0.39, 0.29) is 0 Å². The van der Waals surface area contributed by atoms with Crippen molar-refractivity contribution in [2.75, 3.05) is 52.9 Å². The largest absolute Gasteiger partial charge is 0.378 e. The Bertz CT molecular complexity index is 321. The van der Waals surface area contributed by atoms with Crippen molar-refractivity contribution < 1.29 is 4.74 Å². The smallest absolute Gasteiger partial charge is 0.193 e. The molecular weight excluding hydrogens is 276 g/mol. The van der Waals surface area contributed by atoms with E-state index in [0.29, 0.717) is 6.10 Å². The van der Waals surface area contributed by atoms with Crippen LogP contribution < -0.4 is 5.32 Å². The summed E-state index contributed by atoms with van der Waals surface area (Å²) in [5.74, 6) is 1.07. The van der Waals surface area contributed by atoms with Crippen LogP contribution in [0.5, 0.6) is 0 Å². The molecule has 5 nitrogen and oxygen atoms in total. The van der Waals surface area contributed by atoms with Crippen LogP contribution in [0.3, 0.4) is 0 Å². The second-order valence-corrected chi connectivity index (χ2v) is 6.37. The first-order valence-electron chi connectivity index (χ1n) is 9.13.